The van der Waals surface area contributed by atoms with E-state index in [0.29, 0.717) is 11.1 Å². The molecule has 0 saturated heterocycles. The number of halogens is 2. The summed E-state index contributed by atoms with van der Waals surface area (Å²) in [5.74, 6) is -1.47. The van der Waals surface area contributed by atoms with Gasteiger partial charge in [-0.05, 0) is 44.5 Å². The minimum atomic E-state index is -0.778. The summed E-state index contributed by atoms with van der Waals surface area (Å²) in [5.41, 5.74) is 0.950. The second-order valence-corrected chi connectivity index (χ2v) is 6.76. The monoisotopic (exact) mass is 374 g/mol. The topological polar surface area (TPSA) is 49.4 Å². The van der Waals surface area contributed by atoms with E-state index in [1.165, 1.54) is 35.2 Å². The van der Waals surface area contributed by atoms with Gasteiger partial charge >= 0.3 is 0 Å². The Hall–Kier alpha value is -2.76. The molecule has 0 aromatic heterocycles. The lowest BCUT2D eigenvalue weighted by molar-refractivity contribution is -0.140. The lowest BCUT2D eigenvalue weighted by Crippen LogP contribution is -2.49. The van der Waals surface area contributed by atoms with Gasteiger partial charge in [0.25, 0.3) is 0 Å². The minimum absolute atomic E-state index is 0.00592. The Morgan fingerprint density at radius 2 is 1.63 bits per heavy atom. The van der Waals surface area contributed by atoms with Gasteiger partial charge < -0.3 is 10.2 Å². The minimum Gasteiger partial charge on any atom is -0.352 e. The van der Waals surface area contributed by atoms with E-state index in [-0.39, 0.29) is 36.6 Å². The zero-order valence-corrected chi connectivity index (χ0v) is 15.7. The smallest absolute Gasteiger partial charge is 0.242 e. The Bertz CT molecular complexity index is 791. The number of hydrogen-bond donors (Lipinski definition) is 1. The van der Waals surface area contributed by atoms with Gasteiger partial charge in [-0.25, -0.2) is 8.78 Å². The Morgan fingerprint density at radius 1 is 1.00 bits per heavy atom. The molecule has 0 unspecified atom stereocenters. The van der Waals surface area contributed by atoms with Crippen molar-refractivity contribution in [2.75, 3.05) is 0 Å². The van der Waals surface area contributed by atoms with Crippen molar-refractivity contribution in [3.8, 4) is 0 Å². The number of carbonyl (C=O) groups is 2. The van der Waals surface area contributed by atoms with Crippen LogP contribution in [0.2, 0.25) is 0 Å². The van der Waals surface area contributed by atoms with Crippen molar-refractivity contribution < 1.29 is 18.4 Å². The van der Waals surface area contributed by atoms with Crippen LogP contribution < -0.4 is 5.32 Å². The summed E-state index contributed by atoms with van der Waals surface area (Å²) < 4.78 is 27.2. The number of rotatable bonds is 7. The number of nitrogens with one attached hydrogen (secondary N) is 1. The van der Waals surface area contributed by atoms with Crippen LogP contribution in [0.5, 0.6) is 0 Å². The number of amides is 2. The van der Waals surface area contributed by atoms with Crippen molar-refractivity contribution >= 4 is 11.8 Å². The largest absolute Gasteiger partial charge is 0.352 e. The molecule has 0 fully saturated rings. The molecule has 144 valence electrons. The maximum absolute atomic E-state index is 14.1. The van der Waals surface area contributed by atoms with Gasteiger partial charge in [0, 0.05) is 18.2 Å². The number of hydrogen-bond acceptors (Lipinski definition) is 2. The third kappa shape index (κ3) is 5.88. The third-order valence-corrected chi connectivity index (χ3v) is 4.17. The van der Waals surface area contributed by atoms with Crippen molar-refractivity contribution in [2.24, 2.45) is 0 Å². The van der Waals surface area contributed by atoms with Gasteiger partial charge in [0.1, 0.15) is 17.7 Å². The Balaban J connectivity index is 2.24. The molecular formula is C21H24F2N2O2. The molecule has 1 N–H and O–H groups in total. The van der Waals surface area contributed by atoms with Crippen LogP contribution in [0.15, 0.2) is 48.5 Å². The zero-order valence-electron chi connectivity index (χ0n) is 15.7. The standard InChI is InChI=1S/C21H24F2N2O2/c1-14(2)24-21(27)15(3)25(13-17-6-4-5-7-19(17)23)20(26)12-16-8-10-18(22)11-9-16/h4-11,14-15H,12-13H2,1-3H3,(H,24,27)/t15-/m1/s1. The molecular weight excluding hydrogens is 350 g/mol. The Morgan fingerprint density at radius 3 is 2.22 bits per heavy atom. The lowest BCUT2D eigenvalue weighted by Gasteiger charge is -2.29. The number of nitrogens with zero attached hydrogens (tertiary/aromatic N) is 1. The summed E-state index contributed by atoms with van der Waals surface area (Å²) in [6.45, 7) is 5.23. The molecule has 6 heteroatoms. The second-order valence-electron chi connectivity index (χ2n) is 6.76. The van der Waals surface area contributed by atoms with Crippen molar-refractivity contribution in [3.63, 3.8) is 0 Å². The van der Waals surface area contributed by atoms with E-state index in [0.717, 1.165) is 0 Å². The molecule has 1 atom stereocenters. The van der Waals surface area contributed by atoms with Crippen LogP contribution in [0.1, 0.15) is 31.9 Å². The maximum Gasteiger partial charge on any atom is 0.242 e. The summed E-state index contributed by atoms with van der Waals surface area (Å²) in [7, 11) is 0. The molecule has 2 aromatic carbocycles. The van der Waals surface area contributed by atoms with E-state index < -0.39 is 11.9 Å². The van der Waals surface area contributed by atoms with Crippen LogP contribution in [0, 0.1) is 11.6 Å². The van der Waals surface area contributed by atoms with Crippen molar-refractivity contribution in [2.45, 2.75) is 45.8 Å². The molecule has 0 aliphatic carbocycles. The van der Waals surface area contributed by atoms with Crippen LogP contribution >= 0.6 is 0 Å². The quantitative estimate of drug-likeness (QED) is 0.807. The number of benzene rings is 2. The van der Waals surface area contributed by atoms with Gasteiger partial charge in [-0.2, -0.15) is 0 Å². The lowest BCUT2D eigenvalue weighted by atomic mass is 10.1. The van der Waals surface area contributed by atoms with Gasteiger partial charge in [0.2, 0.25) is 11.8 Å². The van der Waals surface area contributed by atoms with Crippen LogP contribution in [0.3, 0.4) is 0 Å². The molecule has 0 spiro atoms. The van der Waals surface area contributed by atoms with Gasteiger partial charge in [0.05, 0.1) is 6.42 Å². The van der Waals surface area contributed by atoms with E-state index in [1.54, 1.807) is 25.1 Å². The summed E-state index contributed by atoms with van der Waals surface area (Å²) >= 11 is 0. The summed E-state index contributed by atoms with van der Waals surface area (Å²) in [6.07, 6.45) is -0.00592. The normalized spacial score (nSPS) is 11.9. The van der Waals surface area contributed by atoms with Gasteiger partial charge in [-0.3, -0.25) is 9.59 Å². The Labute approximate surface area is 158 Å². The predicted octanol–water partition coefficient (Wildman–Crippen LogP) is 3.45. The van der Waals surface area contributed by atoms with Gasteiger partial charge in [-0.15, -0.1) is 0 Å². The SMILES string of the molecule is CC(C)NC(=O)[C@@H](C)N(Cc1ccccc1F)C(=O)Cc1ccc(F)cc1. The highest BCUT2D eigenvalue weighted by Crippen LogP contribution is 2.15. The van der Waals surface area contributed by atoms with E-state index in [4.69, 9.17) is 0 Å². The highest BCUT2D eigenvalue weighted by Gasteiger charge is 2.27. The average molecular weight is 374 g/mol. The van der Waals surface area contributed by atoms with Crippen molar-refractivity contribution in [1.29, 1.82) is 0 Å². The average Bonchev–Trinajstić information content (AvgIpc) is 2.61. The van der Waals surface area contributed by atoms with E-state index in [2.05, 4.69) is 5.32 Å². The van der Waals surface area contributed by atoms with E-state index in [1.807, 2.05) is 13.8 Å². The third-order valence-electron chi connectivity index (χ3n) is 4.17. The second kappa shape index (κ2) is 9.26. The zero-order chi connectivity index (χ0) is 20.0. The fourth-order valence-corrected chi connectivity index (χ4v) is 2.68. The van der Waals surface area contributed by atoms with E-state index >= 15 is 0 Å². The van der Waals surface area contributed by atoms with Crippen molar-refractivity contribution in [3.05, 3.63) is 71.3 Å². The molecule has 27 heavy (non-hydrogen) atoms. The van der Waals surface area contributed by atoms with Gasteiger partial charge in [0.15, 0.2) is 0 Å². The van der Waals surface area contributed by atoms with Crippen LogP contribution in [0.25, 0.3) is 0 Å². The first-order chi connectivity index (χ1) is 12.8. The first-order valence-electron chi connectivity index (χ1n) is 8.85. The highest BCUT2D eigenvalue weighted by atomic mass is 19.1. The molecule has 2 aromatic rings. The molecule has 0 bridgehead atoms. The predicted molar refractivity (Wildman–Crippen MR) is 99.8 cm³/mol. The van der Waals surface area contributed by atoms with Gasteiger partial charge in [-0.1, -0.05) is 30.3 Å². The fourth-order valence-electron chi connectivity index (χ4n) is 2.68. The first-order valence-corrected chi connectivity index (χ1v) is 8.85. The van der Waals surface area contributed by atoms with Crippen molar-refractivity contribution in [1.82, 2.24) is 10.2 Å². The van der Waals surface area contributed by atoms with Crippen LogP contribution in [-0.4, -0.2) is 28.8 Å². The maximum atomic E-state index is 14.1. The number of carbonyl (C=O) groups excluding carboxylic acids is 2. The molecule has 0 radical (unpaired) electrons. The molecule has 2 rings (SSSR count). The first kappa shape index (κ1) is 20.6. The molecule has 2 amide bonds. The Kier molecular flexibility index (Phi) is 7.05. The summed E-state index contributed by atoms with van der Waals surface area (Å²) in [6, 6.07) is 10.9. The molecule has 4 nitrogen and oxygen atoms in total. The fraction of sp³-hybridized carbons (Fsp3) is 0.333. The molecule has 0 heterocycles. The summed E-state index contributed by atoms with van der Waals surface area (Å²) in [4.78, 5) is 26.6. The van der Waals surface area contributed by atoms with Crippen LogP contribution in [0.4, 0.5) is 8.78 Å². The molecule has 0 aliphatic rings. The molecule has 0 saturated carbocycles. The van der Waals surface area contributed by atoms with E-state index in [9.17, 15) is 18.4 Å². The highest BCUT2D eigenvalue weighted by molar-refractivity contribution is 5.88. The summed E-state index contributed by atoms with van der Waals surface area (Å²) in [5, 5.41) is 2.77. The molecule has 0 aliphatic heterocycles. The van der Waals surface area contributed by atoms with Crippen LogP contribution in [-0.2, 0) is 22.6 Å².